The van der Waals surface area contributed by atoms with Gasteiger partial charge in [-0.25, -0.2) is 4.39 Å². The van der Waals surface area contributed by atoms with Gasteiger partial charge in [-0.15, -0.1) is 0 Å². The van der Waals surface area contributed by atoms with Crippen LogP contribution in [0.4, 0.5) is 4.39 Å². The molecule has 2 nitrogen and oxygen atoms in total. The average molecular weight is 278 g/mol. The van der Waals surface area contributed by atoms with Gasteiger partial charge in [0.05, 0.1) is 0 Å². The summed E-state index contributed by atoms with van der Waals surface area (Å²) in [5.74, 6) is -0.158. The first kappa shape index (κ1) is 15.5. The first-order valence-corrected chi connectivity index (χ1v) is 7.90. The van der Waals surface area contributed by atoms with Gasteiger partial charge in [0.1, 0.15) is 5.82 Å². The van der Waals surface area contributed by atoms with Crippen LogP contribution in [0.3, 0.4) is 0 Å². The van der Waals surface area contributed by atoms with Crippen molar-refractivity contribution in [3.8, 4) is 0 Å². The maximum atomic E-state index is 13.2. The second-order valence-corrected chi connectivity index (χ2v) is 6.08. The van der Waals surface area contributed by atoms with E-state index in [1.807, 2.05) is 6.07 Å². The third-order valence-electron chi connectivity index (χ3n) is 4.18. The molecule has 1 aromatic carbocycles. The molecule has 0 radical (unpaired) electrons. The standard InChI is InChI=1S/C17H27FN2/c1-13(11-17-9-4-3-5-10-19-17)20-14(2)15-7-6-8-16(18)12-15/h6-8,12-14,17,19-20H,3-5,9-11H2,1-2H3/t13?,14-,17?/m0/s1. The van der Waals surface area contributed by atoms with Crippen molar-refractivity contribution in [1.82, 2.24) is 10.6 Å². The van der Waals surface area contributed by atoms with Gasteiger partial charge in [0.25, 0.3) is 0 Å². The Balaban J connectivity index is 1.82. The number of halogens is 1. The molecule has 2 N–H and O–H groups in total. The predicted octanol–water partition coefficient (Wildman–Crippen LogP) is 3.79. The van der Waals surface area contributed by atoms with E-state index in [2.05, 4.69) is 24.5 Å². The molecular weight excluding hydrogens is 251 g/mol. The largest absolute Gasteiger partial charge is 0.314 e. The van der Waals surface area contributed by atoms with Crippen molar-refractivity contribution < 1.29 is 4.39 Å². The first-order valence-electron chi connectivity index (χ1n) is 7.90. The second kappa shape index (κ2) is 7.75. The second-order valence-electron chi connectivity index (χ2n) is 6.08. The Bertz CT molecular complexity index is 400. The molecule has 1 heterocycles. The van der Waals surface area contributed by atoms with E-state index >= 15 is 0 Å². The number of hydrogen-bond donors (Lipinski definition) is 2. The van der Waals surface area contributed by atoms with Crippen LogP contribution in [0.25, 0.3) is 0 Å². The van der Waals surface area contributed by atoms with Crippen molar-refractivity contribution in [2.45, 2.75) is 64.1 Å². The minimum absolute atomic E-state index is 0.158. The van der Waals surface area contributed by atoms with Gasteiger partial charge in [0.15, 0.2) is 0 Å². The van der Waals surface area contributed by atoms with Crippen LogP contribution < -0.4 is 10.6 Å². The van der Waals surface area contributed by atoms with E-state index in [9.17, 15) is 4.39 Å². The Hall–Kier alpha value is -0.930. The number of nitrogens with one attached hydrogen (secondary N) is 2. The first-order chi connectivity index (χ1) is 9.65. The monoisotopic (exact) mass is 278 g/mol. The van der Waals surface area contributed by atoms with Gasteiger partial charge in [-0.1, -0.05) is 25.0 Å². The summed E-state index contributed by atoms with van der Waals surface area (Å²) >= 11 is 0. The summed E-state index contributed by atoms with van der Waals surface area (Å²) in [6.45, 7) is 5.48. The molecule has 1 aliphatic heterocycles. The third kappa shape index (κ3) is 4.88. The van der Waals surface area contributed by atoms with Crippen LogP contribution in [0.1, 0.15) is 57.6 Å². The third-order valence-corrected chi connectivity index (χ3v) is 4.18. The molecule has 0 spiro atoms. The molecule has 0 amide bonds. The normalized spacial score (nSPS) is 23.1. The zero-order valence-corrected chi connectivity index (χ0v) is 12.7. The maximum absolute atomic E-state index is 13.2. The minimum atomic E-state index is -0.158. The Labute approximate surface area is 122 Å². The molecule has 2 unspecified atom stereocenters. The van der Waals surface area contributed by atoms with Crippen molar-refractivity contribution in [2.75, 3.05) is 6.54 Å². The lowest BCUT2D eigenvalue weighted by Crippen LogP contribution is -2.37. The lowest BCUT2D eigenvalue weighted by Gasteiger charge is -2.25. The van der Waals surface area contributed by atoms with Gasteiger partial charge in [-0.3, -0.25) is 0 Å². The summed E-state index contributed by atoms with van der Waals surface area (Å²) in [5, 5.41) is 7.22. The molecule has 112 valence electrons. The minimum Gasteiger partial charge on any atom is -0.314 e. The van der Waals surface area contributed by atoms with Gasteiger partial charge in [-0.2, -0.15) is 0 Å². The molecule has 1 saturated heterocycles. The van der Waals surface area contributed by atoms with Crippen molar-refractivity contribution in [1.29, 1.82) is 0 Å². The fraction of sp³-hybridized carbons (Fsp3) is 0.647. The smallest absolute Gasteiger partial charge is 0.123 e. The van der Waals surface area contributed by atoms with Crippen molar-refractivity contribution in [3.05, 3.63) is 35.6 Å². The van der Waals surface area contributed by atoms with Crippen LogP contribution in [0.5, 0.6) is 0 Å². The highest BCUT2D eigenvalue weighted by Crippen LogP contribution is 2.17. The Morgan fingerprint density at radius 1 is 1.30 bits per heavy atom. The van der Waals surface area contributed by atoms with Gasteiger partial charge < -0.3 is 10.6 Å². The number of rotatable bonds is 5. The van der Waals surface area contributed by atoms with Crippen molar-refractivity contribution >= 4 is 0 Å². The summed E-state index contributed by atoms with van der Waals surface area (Å²) in [6.07, 6.45) is 6.41. The molecule has 20 heavy (non-hydrogen) atoms. The van der Waals surface area contributed by atoms with Gasteiger partial charge in [-0.05, 0) is 57.4 Å². The van der Waals surface area contributed by atoms with E-state index in [4.69, 9.17) is 0 Å². The summed E-state index contributed by atoms with van der Waals surface area (Å²) in [6, 6.07) is 8.12. The quantitative estimate of drug-likeness (QED) is 0.856. The van der Waals surface area contributed by atoms with Crippen LogP contribution in [0.2, 0.25) is 0 Å². The number of benzene rings is 1. The molecule has 3 atom stereocenters. The van der Waals surface area contributed by atoms with Crippen LogP contribution in [0.15, 0.2) is 24.3 Å². The summed E-state index contributed by atoms with van der Waals surface area (Å²) in [5.41, 5.74) is 1.02. The molecule has 2 rings (SSSR count). The average Bonchev–Trinajstić information content (AvgIpc) is 2.67. The van der Waals surface area contributed by atoms with Gasteiger partial charge in [0, 0.05) is 18.1 Å². The predicted molar refractivity (Wildman–Crippen MR) is 82.3 cm³/mol. The molecule has 0 bridgehead atoms. The Kier molecular flexibility index (Phi) is 5.99. The number of hydrogen-bond acceptors (Lipinski definition) is 2. The molecule has 3 heteroatoms. The summed E-state index contributed by atoms with van der Waals surface area (Å²) < 4.78 is 13.2. The van der Waals surface area contributed by atoms with E-state index in [-0.39, 0.29) is 11.9 Å². The lowest BCUT2D eigenvalue weighted by molar-refractivity contribution is 0.380. The molecule has 1 aliphatic rings. The van der Waals surface area contributed by atoms with E-state index < -0.39 is 0 Å². The summed E-state index contributed by atoms with van der Waals surface area (Å²) in [4.78, 5) is 0. The van der Waals surface area contributed by atoms with Gasteiger partial charge >= 0.3 is 0 Å². The molecule has 1 aromatic rings. The highest BCUT2D eigenvalue weighted by molar-refractivity contribution is 5.19. The highest BCUT2D eigenvalue weighted by atomic mass is 19.1. The van der Waals surface area contributed by atoms with Crippen LogP contribution >= 0.6 is 0 Å². The van der Waals surface area contributed by atoms with Crippen LogP contribution in [-0.2, 0) is 0 Å². The fourth-order valence-corrected chi connectivity index (χ4v) is 3.10. The maximum Gasteiger partial charge on any atom is 0.123 e. The SMILES string of the molecule is CC(CC1CCCCCN1)N[C@@H](C)c1cccc(F)c1. The highest BCUT2D eigenvalue weighted by Gasteiger charge is 2.16. The molecule has 0 aromatic heterocycles. The molecule has 1 fully saturated rings. The van der Waals surface area contributed by atoms with E-state index in [0.717, 1.165) is 18.5 Å². The zero-order chi connectivity index (χ0) is 14.4. The molecule has 0 aliphatic carbocycles. The van der Waals surface area contributed by atoms with E-state index in [0.29, 0.717) is 12.1 Å². The van der Waals surface area contributed by atoms with Crippen molar-refractivity contribution in [2.24, 2.45) is 0 Å². The fourth-order valence-electron chi connectivity index (χ4n) is 3.10. The topological polar surface area (TPSA) is 24.1 Å². The molecular formula is C17H27FN2. The van der Waals surface area contributed by atoms with E-state index in [1.54, 1.807) is 12.1 Å². The Morgan fingerprint density at radius 3 is 2.95 bits per heavy atom. The lowest BCUT2D eigenvalue weighted by atomic mass is 10.0. The Morgan fingerprint density at radius 2 is 2.15 bits per heavy atom. The van der Waals surface area contributed by atoms with Crippen molar-refractivity contribution in [3.63, 3.8) is 0 Å². The van der Waals surface area contributed by atoms with Crippen LogP contribution in [-0.4, -0.2) is 18.6 Å². The van der Waals surface area contributed by atoms with E-state index in [1.165, 1.54) is 31.7 Å². The van der Waals surface area contributed by atoms with Gasteiger partial charge in [0.2, 0.25) is 0 Å². The summed E-state index contributed by atoms with van der Waals surface area (Å²) in [7, 11) is 0. The zero-order valence-electron chi connectivity index (χ0n) is 12.7. The molecule has 0 saturated carbocycles. The van der Waals surface area contributed by atoms with Crippen LogP contribution in [0, 0.1) is 5.82 Å².